The molecule has 0 aliphatic carbocycles. The number of hydrogen-bond donors (Lipinski definition) is 1. The number of halogens is 2. The van der Waals surface area contributed by atoms with E-state index >= 15 is 0 Å². The standard InChI is InChI=1S/C18H24BrClN2O2/c1-18(2,3)24-17(23)21-15-9-12-5-7-16(15)22(12)10-11-4-6-13(19)14(20)8-11/h4,6,8,12,15-16H,5,7,9-10H2,1-3H3,(H,21,23). The summed E-state index contributed by atoms with van der Waals surface area (Å²) in [6.07, 6.45) is 3.00. The van der Waals surface area contributed by atoms with Crippen molar-refractivity contribution < 1.29 is 9.53 Å². The summed E-state index contributed by atoms with van der Waals surface area (Å²) in [5.41, 5.74) is 0.744. The minimum Gasteiger partial charge on any atom is -0.444 e. The lowest BCUT2D eigenvalue weighted by atomic mass is 9.96. The molecule has 0 radical (unpaired) electrons. The maximum absolute atomic E-state index is 12.1. The molecule has 4 nitrogen and oxygen atoms in total. The molecule has 3 rings (SSSR count). The first kappa shape index (κ1) is 18.0. The third-order valence-electron chi connectivity index (χ3n) is 4.73. The Morgan fingerprint density at radius 1 is 1.42 bits per heavy atom. The molecule has 0 aromatic heterocycles. The molecule has 24 heavy (non-hydrogen) atoms. The molecule has 1 aromatic carbocycles. The highest BCUT2D eigenvalue weighted by atomic mass is 79.9. The molecule has 6 heteroatoms. The fraction of sp³-hybridized carbons (Fsp3) is 0.611. The first-order chi connectivity index (χ1) is 11.2. The molecule has 2 aliphatic rings. The molecule has 3 unspecified atom stereocenters. The van der Waals surface area contributed by atoms with Gasteiger partial charge in [0.1, 0.15) is 5.60 Å². The SMILES string of the molecule is CC(C)(C)OC(=O)NC1CC2CCC1N2Cc1ccc(Br)c(Cl)c1. The van der Waals surface area contributed by atoms with E-state index in [4.69, 9.17) is 16.3 Å². The third-order valence-corrected chi connectivity index (χ3v) is 5.96. The average Bonchev–Trinajstić information content (AvgIpc) is 2.97. The zero-order valence-corrected chi connectivity index (χ0v) is 16.7. The van der Waals surface area contributed by atoms with Crippen LogP contribution in [0.3, 0.4) is 0 Å². The van der Waals surface area contributed by atoms with Gasteiger partial charge in [-0.15, -0.1) is 0 Å². The molecular formula is C18H24BrClN2O2. The Morgan fingerprint density at radius 3 is 2.83 bits per heavy atom. The van der Waals surface area contributed by atoms with Gasteiger partial charge in [0.05, 0.1) is 5.02 Å². The van der Waals surface area contributed by atoms with Gasteiger partial charge in [0.15, 0.2) is 0 Å². The molecule has 2 fully saturated rings. The van der Waals surface area contributed by atoms with E-state index in [1.165, 1.54) is 12.0 Å². The van der Waals surface area contributed by atoms with Crippen LogP contribution in [-0.2, 0) is 11.3 Å². The normalized spacial score (nSPS) is 26.6. The van der Waals surface area contributed by atoms with Crippen LogP contribution in [0.5, 0.6) is 0 Å². The Hall–Kier alpha value is -0.780. The van der Waals surface area contributed by atoms with Crippen LogP contribution in [0.4, 0.5) is 4.79 Å². The lowest BCUT2D eigenvalue weighted by Gasteiger charge is -2.27. The van der Waals surface area contributed by atoms with Crippen LogP contribution in [0, 0.1) is 0 Å². The highest BCUT2D eigenvalue weighted by Crippen LogP contribution is 2.39. The van der Waals surface area contributed by atoms with Crippen molar-refractivity contribution in [1.82, 2.24) is 10.2 Å². The van der Waals surface area contributed by atoms with Gasteiger partial charge in [0, 0.05) is 29.1 Å². The second-order valence-corrected chi connectivity index (χ2v) is 8.97. The third kappa shape index (κ3) is 4.06. The lowest BCUT2D eigenvalue weighted by Crippen LogP contribution is -2.45. The molecule has 1 amide bonds. The van der Waals surface area contributed by atoms with Crippen molar-refractivity contribution in [3.05, 3.63) is 33.3 Å². The van der Waals surface area contributed by atoms with Gasteiger partial charge in [-0.3, -0.25) is 4.90 Å². The largest absolute Gasteiger partial charge is 0.444 e. The maximum Gasteiger partial charge on any atom is 0.407 e. The van der Waals surface area contributed by atoms with Crippen LogP contribution >= 0.6 is 27.5 Å². The van der Waals surface area contributed by atoms with Gasteiger partial charge in [-0.05, 0) is 73.7 Å². The van der Waals surface area contributed by atoms with Gasteiger partial charge in [-0.2, -0.15) is 0 Å². The van der Waals surface area contributed by atoms with Crippen LogP contribution in [0.25, 0.3) is 0 Å². The lowest BCUT2D eigenvalue weighted by molar-refractivity contribution is 0.0491. The Balaban J connectivity index is 1.63. The van der Waals surface area contributed by atoms with Crippen molar-refractivity contribution in [2.45, 2.75) is 70.3 Å². The second kappa shape index (κ2) is 6.85. The predicted octanol–water partition coefficient (Wildman–Crippen LogP) is 4.73. The van der Waals surface area contributed by atoms with Gasteiger partial charge in [-0.25, -0.2) is 4.79 Å². The van der Waals surface area contributed by atoms with Gasteiger partial charge in [0.25, 0.3) is 0 Å². The fourth-order valence-corrected chi connectivity index (χ4v) is 4.26. The van der Waals surface area contributed by atoms with Crippen LogP contribution in [-0.4, -0.2) is 34.7 Å². The van der Waals surface area contributed by atoms with Gasteiger partial charge < -0.3 is 10.1 Å². The molecule has 1 aromatic rings. The van der Waals surface area contributed by atoms with E-state index in [9.17, 15) is 4.79 Å². The zero-order chi connectivity index (χ0) is 17.5. The number of alkyl carbamates (subject to hydrolysis) is 1. The summed E-state index contributed by atoms with van der Waals surface area (Å²) in [7, 11) is 0. The minimum absolute atomic E-state index is 0.171. The van der Waals surface area contributed by atoms with E-state index in [-0.39, 0.29) is 12.1 Å². The monoisotopic (exact) mass is 414 g/mol. The number of ether oxygens (including phenoxy) is 1. The number of rotatable bonds is 3. The molecule has 132 valence electrons. The summed E-state index contributed by atoms with van der Waals surface area (Å²) >= 11 is 9.64. The van der Waals surface area contributed by atoms with Crippen molar-refractivity contribution >= 4 is 33.6 Å². The van der Waals surface area contributed by atoms with Crippen molar-refractivity contribution in [2.75, 3.05) is 0 Å². The van der Waals surface area contributed by atoms with Gasteiger partial charge in [0.2, 0.25) is 0 Å². The summed E-state index contributed by atoms with van der Waals surface area (Å²) in [5, 5.41) is 3.81. The van der Waals surface area contributed by atoms with Crippen LogP contribution in [0.15, 0.2) is 22.7 Å². The van der Waals surface area contributed by atoms with Crippen LogP contribution in [0.1, 0.15) is 45.6 Å². The van der Waals surface area contributed by atoms with Crippen molar-refractivity contribution in [3.63, 3.8) is 0 Å². The Kier molecular flexibility index (Phi) is 5.14. The summed E-state index contributed by atoms with van der Waals surface area (Å²) in [6, 6.07) is 7.18. The van der Waals surface area contributed by atoms with E-state index in [1.807, 2.05) is 32.9 Å². The van der Waals surface area contributed by atoms with Gasteiger partial charge in [-0.1, -0.05) is 17.7 Å². The van der Waals surface area contributed by atoms with E-state index in [0.717, 1.165) is 28.9 Å². The van der Waals surface area contributed by atoms with Crippen LogP contribution in [0.2, 0.25) is 5.02 Å². The molecule has 0 spiro atoms. The first-order valence-electron chi connectivity index (χ1n) is 8.42. The van der Waals surface area contributed by atoms with E-state index in [2.05, 4.69) is 32.2 Å². The average molecular weight is 416 g/mol. The summed E-state index contributed by atoms with van der Waals surface area (Å²) in [5.74, 6) is 0. The van der Waals surface area contributed by atoms with Gasteiger partial charge >= 0.3 is 6.09 Å². The fourth-order valence-electron chi connectivity index (χ4n) is 3.81. The smallest absolute Gasteiger partial charge is 0.407 e. The Bertz CT molecular complexity index is 632. The number of carbonyl (C=O) groups excluding carboxylic acids is 1. The number of benzene rings is 1. The summed E-state index contributed by atoms with van der Waals surface area (Å²) in [6.45, 7) is 6.53. The van der Waals surface area contributed by atoms with E-state index in [1.54, 1.807) is 0 Å². The molecular weight excluding hydrogens is 392 g/mol. The number of nitrogens with zero attached hydrogens (tertiary/aromatic N) is 1. The molecule has 2 aliphatic heterocycles. The van der Waals surface area contributed by atoms with Crippen molar-refractivity contribution in [3.8, 4) is 0 Å². The summed E-state index contributed by atoms with van der Waals surface area (Å²) < 4.78 is 6.32. The van der Waals surface area contributed by atoms with Crippen molar-refractivity contribution in [2.24, 2.45) is 0 Å². The molecule has 2 bridgehead atoms. The predicted molar refractivity (Wildman–Crippen MR) is 99.3 cm³/mol. The van der Waals surface area contributed by atoms with E-state index in [0.29, 0.717) is 12.1 Å². The molecule has 0 saturated carbocycles. The maximum atomic E-state index is 12.1. The number of hydrogen-bond acceptors (Lipinski definition) is 3. The molecule has 1 N–H and O–H groups in total. The van der Waals surface area contributed by atoms with E-state index < -0.39 is 5.60 Å². The number of fused-ring (bicyclic) bond motifs is 2. The minimum atomic E-state index is -0.463. The quantitative estimate of drug-likeness (QED) is 0.776. The molecule has 3 atom stereocenters. The summed E-state index contributed by atoms with van der Waals surface area (Å²) in [4.78, 5) is 14.6. The number of carbonyl (C=O) groups is 1. The molecule has 2 heterocycles. The highest BCUT2D eigenvalue weighted by Gasteiger charge is 2.46. The first-order valence-corrected chi connectivity index (χ1v) is 9.59. The molecule has 2 saturated heterocycles. The topological polar surface area (TPSA) is 41.6 Å². The second-order valence-electron chi connectivity index (χ2n) is 7.71. The Labute approximate surface area is 157 Å². The number of amides is 1. The Morgan fingerprint density at radius 2 is 2.17 bits per heavy atom. The number of nitrogens with one attached hydrogen (secondary N) is 1. The van der Waals surface area contributed by atoms with Crippen LogP contribution < -0.4 is 5.32 Å². The zero-order valence-electron chi connectivity index (χ0n) is 14.3. The highest BCUT2D eigenvalue weighted by molar-refractivity contribution is 9.10. The van der Waals surface area contributed by atoms with Crippen molar-refractivity contribution in [1.29, 1.82) is 0 Å².